The first-order chi connectivity index (χ1) is 7.86. The molecule has 17 heavy (non-hydrogen) atoms. The highest BCUT2D eigenvalue weighted by atomic mass is 19.1. The average Bonchev–Trinajstić information content (AvgIpc) is 2.25. The van der Waals surface area contributed by atoms with Gasteiger partial charge in [0.2, 0.25) is 5.91 Å². The normalized spacial score (nSPS) is 14.1. The minimum absolute atomic E-state index is 0.413. The molecule has 2 unspecified atom stereocenters. The van der Waals surface area contributed by atoms with Crippen LogP contribution in [0.25, 0.3) is 0 Å². The maximum Gasteiger partial charge on any atom is 0.339 e. The van der Waals surface area contributed by atoms with Gasteiger partial charge in [-0.2, -0.15) is 0 Å². The van der Waals surface area contributed by atoms with Crippen molar-refractivity contribution in [2.45, 2.75) is 12.2 Å². The molecule has 0 bridgehead atoms. The molecule has 0 radical (unpaired) electrons. The molecule has 0 aliphatic carbocycles. The van der Waals surface area contributed by atoms with Gasteiger partial charge in [-0.15, -0.1) is 0 Å². The molecule has 2 atom stereocenters. The van der Waals surface area contributed by atoms with Crippen LogP contribution in [0.3, 0.4) is 0 Å². The van der Waals surface area contributed by atoms with E-state index in [0.29, 0.717) is 0 Å². The van der Waals surface area contributed by atoms with E-state index in [1.165, 1.54) is 0 Å². The standard InChI is InChI=1S/C10H10FNO5/c11-5-3-1-2-4(6(5)10(16)17)7(13)8(14)9(12)15/h1-3,7-8,13-14H,(H2,12,15)(H,16,17). The van der Waals surface area contributed by atoms with Crippen molar-refractivity contribution in [1.29, 1.82) is 0 Å². The van der Waals surface area contributed by atoms with Crippen LogP contribution in [0, 0.1) is 5.82 Å². The van der Waals surface area contributed by atoms with Crippen LogP contribution in [-0.4, -0.2) is 33.3 Å². The third-order valence-electron chi connectivity index (χ3n) is 2.17. The fourth-order valence-electron chi connectivity index (χ4n) is 1.34. The Morgan fingerprint density at radius 2 is 1.88 bits per heavy atom. The molecule has 0 heterocycles. The van der Waals surface area contributed by atoms with Gasteiger partial charge in [-0.05, 0) is 6.07 Å². The number of carbonyl (C=O) groups is 2. The van der Waals surface area contributed by atoms with Gasteiger partial charge < -0.3 is 21.1 Å². The van der Waals surface area contributed by atoms with Crippen molar-refractivity contribution in [1.82, 2.24) is 0 Å². The van der Waals surface area contributed by atoms with Gasteiger partial charge in [0.25, 0.3) is 0 Å². The van der Waals surface area contributed by atoms with Gasteiger partial charge in [-0.25, -0.2) is 9.18 Å². The van der Waals surface area contributed by atoms with Crippen LogP contribution in [0.4, 0.5) is 4.39 Å². The zero-order valence-corrected chi connectivity index (χ0v) is 8.50. The second-order valence-corrected chi connectivity index (χ2v) is 3.30. The lowest BCUT2D eigenvalue weighted by Crippen LogP contribution is -2.34. The molecular formula is C10H10FNO5. The molecule has 0 spiro atoms. The number of aromatic carboxylic acids is 1. The van der Waals surface area contributed by atoms with Crippen molar-refractivity contribution < 1.29 is 29.3 Å². The van der Waals surface area contributed by atoms with E-state index in [0.717, 1.165) is 18.2 Å². The number of primary amides is 1. The number of halogens is 1. The number of benzene rings is 1. The Balaban J connectivity index is 3.26. The zero-order valence-electron chi connectivity index (χ0n) is 8.50. The molecule has 5 N–H and O–H groups in total. The van der Waals surface area contributed by atoms with Gasteiger partial charge >= 0.3 is 5.97 Å². The Kier molecular flexibility index (Phi) is 3.77. The number of rotatable bonds is 4. The number of aliphatic hydroxyl groups is 2. The maximum absolute atomic E-state index is 13.2. The van der Waals surface area contributed by atoms with Crippen LogP contribution in [0.15, 0.2) is 18.2 Å². The Morgan fingerprint density at radius 1 is 1.29 bits per heavy atom. The SMILES string of the molecule is NC(=O)C(O)C(O)c1cccc(F)c1C(=O)O. The predicted molar refractivity (Wildman–Crippen MR) is 53.5 cm³/mol. The van der Waals surface area contributed by atoms with Crippen LogP contribution in [0.2, 0.25) is 0 Å². The molecule has 1 aromatic carbocycles. The second kappa shape index (κ2) is 4.89. The lowest BCUT2D eigenvalue weighted by atomic mass is 9.98. The van der Waals surface area contributed by atoms with Crippen LogP contribution in [-0.2, 0) is 4.79 Å². The van der Waals surface area contributed by atoms with Gasteiger partial charge in [-0.1, -0.05) is 12.1 Å². The van der Waals surface area contributed by atoms with Crippen LogP contribution < -0.4 is 5.73 Å². The van der Waals surface area contributed by atoms with Crippen molar-refractivity contribution in [2.75, 3.05) is 0 Å². The summed E-state index contributed by atoms with van der Waals surface area (Å²) in [5, 5.41) is 27.5. The van der Waals surface area contributed by atoms with E-state index in [9.17, 15) is 24.2 Å². The predicted octanol–water partition coefficient (Wildman–Crippen LogP) is -0.597. The number of amides is 1. The molecular weight excluding hydrogens is 233 g/mol. The first-order valence-electron chi connectivity index (χ1n) is 4.53. The summed E-state index contributed by atoms with van der Waals surface area (Å²) in [6, 6.07) is 3.12. The van der Waals surface area contributed by atoms with E-state index in [2.05, 4.69) is 0 Å². The van der Waals surface area contributed by atoms with E-state index in [-0.39, 0.29) is 0 Å². The maximum atomic E-state index is 13.2. The van der Waals surface area contributed by atoms with E-state index in [1.807, 2.05) is 0 Å². The summed E-state index contributed by atoms with van der Waals surface area (Å²) < 4.78 is 13.2. The molecule has 1 amide bonds. The summed E-state index contributed by atoms with van der Waals surface area (Å²) >= 11 is 0. The van der Waals surface area contributed by atoms with Crippen molar-refractivity contribution in [2.24, 2.45) is 5.73 Å². The zero-order chi connectivity index (χ0) is 13.2. The van der Waals surface area contributed by atoms with E-state index in [4.69, 9.17) is 10.8 Å². The molecule has 0 fully saturated rings. The minimum atomic E-state index is -2.00. The van der Waals surface area contributed by atoms with Crippen molar-refractivity contribution in [3.05, 3.63) is 35.1 Å². The molecule has 0 aliphatic rings. The molecule has 0 aliphatic heterocycles. The lowest BCUT2D eigenvalue weighted by Gasteiger charge is -2.17. The first kappa shape index (κ1) is 13.1. The molecule has 0 saturated carbocycles. The Morgan fingerprint density at radius 3 is 2.35 bits per heavy atom. The lowest BCUT2D eigenvalue weighted by molar-refractivity contribution is -0.132. The number of carbonyl (C=O) groups excluding carboxylic acids is 1. The molecule has 6 nitrogen and oxygen atoms in total. The molecule has 7 heteroatoms. The van der Waals surface area contributed by atoms with E-state index < -0.39 is 41.0 Å². The van der Waals surface area contributed by atoms with Gasteiger partial charge in [0.1, 0.15) is 17.5 Å². The second-order valence-electron chi connectivity index (χ2n) is 3.30. The molecule has 92 valence electrons. The largest absolute Gasteiger partial charge is 0.478 e. The number of hydrogen-bond donors (Lipinski definition) is 4. The number of aliphatic hydroxyl groups excluding tert-OH is 2. The van der Waals surface area contributed by atoms with Crippen LogP contribution >= 0.6 is 0 Å². The van der Waals surface area contributed by atoms with Gasteiger partial charge in [-0.3, -0.25) is 4.79 Å². The minimum Gasteiger partial charge on any atom is -0.478 e. The summed E-state index contributed by atoms with van der Waals surface area (Å²) in [6.45, 7) is 0. The topological polar surface area (TPSA) is 121 Å². The highest BCUT2D eigenvalue weighted by molar-refractivity contribution is 5.90. The fourth-order valence-corrected chi connectivity index (χ4v) is 1.34. The number of hydrogen-bond acceptors (Lipinski definition) is 4. The molecule has 1 aromatic rings. The summed E-state index contributed by atoms with van der Waals surface area (Å²) in [5.41, 5.74) is 3.53. The monoisotopic (exact) mass is 243 g/mol. The Hall–Kier alpha value is -1.99. The van der Waals surface area contributed by atoms with E-state index >= 15 is 0 Å². The average molecular weight is 243 g/mol. The Bertz CT molecular complexity index is 462. The fraction of sp³-hybridized carbons (Fsp3) is 0.200. The van der Waals surface area contributed by atoms with Crippen LogP contribution in [0.1, 0.15) is 22.0 Å². The molecule has 1 rings (SSSR count). The first-order valence-corrected chi connectivity index (χ1v) is 4.53. The van der Waals surface area contributed by atoms with Gasteiger partial charge in [0, 0.05) is 5.56 Å². The number of carboxylic acid groups (broad SMARTS) is 1. The van der Waals surface area contributed by atoms with Crippen molar-refractivity contribution in [3.8, 4) is 0 Å². The molecule has 0 saturated heterocycles. The smallest absolute Gasteiger partial charge is 0.339 e. The van der Waals surface area contributed by atoms with Crippen molar-refractivity contribution >= 4 is 11.9 Å². The Labute approximate surface area is 95.1 Å². The van der Waals surface area contributed by atoms with E-state index in [1.54, 1.807) is 0 Å². The summed E-state index contributed by atoms with van der Waals surface area (Å²) in [4.78, 5) is 21.4. The number of nitrogens with two attached hydrogens (primary N) is 1. The third kappa shape index (κ3) is 2.58. The molecule has 0 aromatic heterocycles. The number of carboxylic acids is 1. The quantitative estimate of drug-likeness (QED) is 0.562. The van der Waals surface area contributed by atoms with Crippen LogP contribution in [0.5, 0.6) is 0 Å². The highest BCUT2D eigenvalue weighted by Crippen LogP contribution is 2.23. The van der Waals surface area contributed by atoms with Gasteiger partial charge in [0.05, 0.1) is 0 Å². The summed E-state index contributed by atoms with van der Waals surface area (Å²) in [5.74, 6) is -3.93. The summed E-state index contributed by atoms with van der Waals surface area (Å²) in [7, 11) is 0. The van der Waals surface area contributed by atoms with Gasteiger partial charge in [0.15, 0.2) is 6.10 Å². The highest BCUT2D eigenvalue weighted by Gasteiger charge is 2.28. The van der Waals surface area contributed by atoms with Crippen molar-refractivity contribution in [3.63, 3.8) is 0 Å². The summed E-state index contributed by atoms with van der Waals surface area (Å²) in [6.07, 6.45) is -3.90. The third-order valence-corrected chi connectivity index (χ3v) is 2.17.